The molecule has 0 unspecified atom stereocenters. The number of hydrogen-bond acceptors (Lipinski definition) is 9. The zero-order valence-corrected chi connectivity index (χ0v) is 24.7. The van der Waals surface area contributed by atoms with Crippen molar-refractivity contribution < 1.29 is 40.0 Å². The van der Waals surface area contributed by atoms with Gasteiger partial charge in [0, 0.05) is 26.9 Å². The molecule has 0 bridgehead atoms. The van der Waals surface area contributed by atoms with Crippen LogP contribution in [0, 0.1) is 0 Å². The summed E-state index contributed by atoms with van der Waals surface area (Å²) in [6, 6.07) is 10.5. The van der Waals surface area contributed by atoms with Crippen molar-refractivity contribution in [2.75, 3.05) is 10.5 Å². The van der Waals surface area contributed by atoms with E-state index in [4.69, 9.17) is 49.4 Å². The first-order valence-corrected chi connectivity index (χ1v) is 14.4. The van der Waals surface area contributed by atoms with Crippen molar-refractivity contribution >= 4 is 67.8 Å². The highest BCUT2D eigenvalue weighted by Crippen LogP contribution is 2.36. The molecule has 0 aliphatic carbocycles. The molecule has 0 aliphatic rings. The van der Waals surface area contributed by atoms with Crippen LogP contribution in [0.3, 0.4) is 0 Å². The van der Waals surface area contributed by atoms with Gasteiger partial charge in [-0.15, -0.1) is 0 Å². The molecule has 0 radical (unpaired) electrons. The molecular formula is C27H16Cl3F3N4O6S. The predicted octanol–water partition coefficient (Wildman–Crippen LogP) is 7.17. The highest BCUT2D eigenvalue weighted by molar-refractivity contribution is 7.92. The van der Waals surface area contributed by atoms with Crippen LogP contribution in [-0.4, -0.2) is 30.0 Å². The third-order valence-electron chi connectivity index (χ3n) is 5.61. The van der Waals surface area contributed by atoms with E-state index in [0.29, 0.717) is 22.3 Å². The van der Waals surface area contributed by atoms with Gasteiger partial charge in [-0.1, -0.05) is 34.8 Å². The highest BCUT2D eigenvalue weighted by atomic mass is 35.5. The van der Waals surface area contributed by atoms with E-state index in [9.17, 15) is 31.2 Å². The maximum Gasteiger partial charge on any atom is 0.417 e. The zero-order chi connectivity index (χ0) is 32.2. The number of oxazole rings is 2. The molecule has 0 atom stereocenters. The van der Waals surface area contributed by atoms with Crippen molar-refractivity contribution in [3.05, 3.63) is 123 Å². The second-order valence-electron chi connectivity index (χ2n) is 8.57. The molecule has 0 saturated heterocycles. The second kappa shape index (κ2) is 13.1. The lowest BCUT2D eigenvalue weighted by Crippen LogP contribution is -2.17. The van der Waals surface area contributed by atoms with Gasteiger partial charge in [0.05, 0.1) is 21.2 Å². The Morgan fingerprint density at radius 1 is 0.795 bits per heavy atom. The average Bonchev–Trinajstić information content (AvgIpc) is 3.70. The first-order chi connectivity index (χ1) is 20.7. The number of sulfonamides is 1. The van der Waals surface area contributed by atoms with E-state index >= 15 is 0 Å². The number of alkyl halides is 3. The van der Waals surface area contributed by atoms with Gasteiger partial charge < -0.3 is 14.6 Å². The fraction of sp³-hybridized carbons (Fsp3) is 0.0370. The van der Waals surface area contributed by atoms with Crippen LogP contribution in [0.25, 0.3) is 0 Å². The second-order valence-corrected chi connectivity index (χ2v) is 11.5. The summed E-state index contributed by atoms with van der Waals surface area (Å²) in [5.41, 5.74) is 4.78. The molecule has 5 aromatic rings. The van der Waals surface area contributed by atoms with Gasteiger partial charge in [0.25, 0.3) is 10.0 Å². The molecule has 5 rings (SSSR count). The maximum atomic E-state index is 13.0. The number of nitrogens with zero attached hydrogens (tertiary/aromatic N) is 2. The van der Waals surface area contributed by atoms with Crippen molar-refractivity contribution in [3.8, 4) is 0 Å². The van der Waals surface area contributed by atoms with Gasteiger partial charge in [0.2, 0.25) is 11.6 Å². The predicted molar refractivity (Wildman–Crippen MR) is 154 cm³/mol. The Hall–Kier alpha value is -4.37. The molecule has 0 saturated carbocycles. The summed E-state index contributed by atoms with van der Waals surface area (Å²) in [5.74, 6) is -1.00. The maximum absolute atomic E-state index is 13.0. The number of carbonyl (C=O) groups is 2. The van der Waals surface area contributed by atoms with Crippen LogP contribution in [-0.2, 0) is 16.2 Å². The molecule has 3 aromatic carbocycles. The van der Waals surface area contributed by atoms with Crippen LogP contribution >= 0.6 is 34.8 Å². The summed E-state index contributed by atoms with van der Waals surface area (Å²) in [4.78, 5) is 31.1. The largest absolute Gasteiger partial charge is 0.451 e. The summed E-state index contributed by atoms with van der Waals surface area (Å²) < 4.78 is 75.9. The molecule has 228 valence electrons. The number of hydrogen-bond donors (Lipinski definition) is 2. The molecule has 0 aliphatic heterocycles. The number of rotatable bonds is 7. The topological polar surface area (TPSA) is 158 Å². The smallest absolute Gasteiger partial charge is 0.417 e. The van der Waals surface area contributed by atoms with Crippen LogP contribution in [0.1, 0.15) is 37.7 Å². The number of nitrogens with one attached hydrogen (secondary N) is 1. The first-order valence-electron chi connectivity index (χ1n) is 11.8. The molecule has 10 nitrogen and oxygen atoms in total. The minimum atomic E-state index is -4.85. The number of carbonyl (C=O) groups excluding carboxylic acids is 2. The summed E-state index contributed by atoms with van der Waals surface area (Å²) in [7, 11) is -4.50. The van der Waals surface area contributed by atoms with Crippen LogP contribution in [0.5, 0.6) is 0 Å². The van der Waals surface area contributed by atoms with Gasteiger partial charge >= 0.3 is 6.18 Å². The third-order valence-corrected chi connectivity index (χ3v) is 7.78. The number of ketones is 2. The van der Waals surface area contributed by atoms with E-state index in [-0.39, 0.29) is 33.4 Å². The van der Waals surface area contributed by atoms with Crippen molar-refractivity contribution in [1.82, 2.24) is 9.97 Å². The van der Waals surface area contributed by atoms with E-state index in [1.807, 2.05) is 0 Å². The normalized spacial score (nSPS) is 11.4. The minimum Gasteiger partial charge on any atom is -0.451 e. The fourth-order valence-electron chi connectivity index (χ4n) is 3.54. The van der Waals surface area contributed by atoms with Crippen molar-refractivity contribution in [2.24, 2.45) is 0 Å². The number of halogens is 6. The lowest BCUT2D eigenvalue weighted by Gasteiger charge is -2.14. The SMILES string of the molecule is Nc1ccc(Cl)cc1C(=O)c1cocn1.O=C(c1cocn1)c1cc(Cl)ccc1NS(=O)(=O)c1ccc(Cl)c(C(F)(F)F)c1. The Kier molecular flexibility index (Phi) is 9.69. The van der Waals surface area contributed by atoms with E-state index in [2.05, 4.69) is 14.7 Å². The molecule has 3 N–H and O–H groups in total. The lowest BCUT2D eigenvalue weighted by atomic mass is 10.1. The van der Waals surface area contributed by atoms with Crippen LogP contribution < -0.4 is 10.5 Å². The molecule has 2 heterocycles. The molecule has 17 heteroatoms. The number of nitrogens with two attached hydrogens (primary N) is 1. The van der Waals surface area contributed by atoms with E-state index in [1.165, 1.54) is 36.9 Å². The van der Waals surface area contributed by atoms with E-state index in [1.54, 1.807) is 12.1 Å². The fourth-order valence-corrected chi connectivity index (χ4v) is 5.21. The highest BCUT2D eigenvalue weighted by Gasteiger charge is 2.34. The monoisotopic (exact) mass is 686 g/mol. The van der Waals surface area contributed by atoms with Gasteiger partial charge in [-0.25, -0.2) is 18.4 Å². The van der Waals surface area contributed by atoms with Crippen LogP contribution in [0.2, 0.25) is 15.1 Å². The van der Waals surface area contributed by atoms with Crippen LogP contribution in [0.4, 0.5) is 24.5 Å². The Bertz CT molecular complexity index is 1930. The minimum absolute atomic E-state index is 0.112. The van der Waals surface area contributed by atoms with Gasteiger partial charge in [0.1, 0.15) is 23.9 Å². The standard InChI is InChI=1S/C17H9Cl2F3N2O4S.C10H7ClN2O2/c18-9-1-4-14(11(5-9)16(25)15-7-28-8-23-15)24-29(26,27)10-2-3-13(19)12(6-10)17(20,21)22;11-6-1-2-8(12)7(3-6)10(14)9-4-15-5-13-9/h1-8,24H;1-5H,12H2. The lowest BCUT2D eigenvalue weighted by molar-refractivity contribution is -0.137. The number of anilines is 2. The summed E-state index contributed by atoms with van der Waals surface area (Å²) in [5, 5.41) is -0.0634. The van der Waals surface area contributed by atoms with Crippen molar-refractivity contribution in [3.63, 3.8) is 0 Å². The zero-order valence-electron chi connectivity index (χ0n) is 21.6. The number of aromatic nitrogens is 2. The average molecular weight is 688 g/mol. The molecular weight excluding hydrogens is 672 g/mol. The number of nitrogen functional groups attached to an aromatic ring is 1. The Labute approximate surface area is 261 Å². The Morgan fingerprint density at radius 2 is 1.34 bits per heavy atom. The summed E-state index contributed by atoms with van der Waals surface area (Å²) in [6.07, 6.45) is -0.335. The van der Waals surface area contributed by atoms with Crippen LogP contribution in [0.15, 0.2) is 93.6 Å². The quantitative estimate of drug-likeness (QED) is 0.134. The van der Waals surface area contributed by atoms with Gasteiger partial charge in [0.15, 0.2) is 12.8 Å². The van der Waals surface area contributed by atoms with E-state index < -0.39 is 37.5 Å². The van der Waals surface area contributed by atoms with E-state index in [0.717, 1.165) is 24.8 Å². The van der Waals surface area contributed by atoms with Gasteiger partial charge in [-0.3, -0.25) is 14.3 Å². The summed E-state index contributed by atoms with van der Waals surface area (Å²) >= 11 is 17.2. The Morgan fingerprint density at radius 3 is 1.89 bits per heavy atom. The van der Waals surface area contributed by atoms with Gasteiger partial charge in [-0.2, -0.15) is 13.2 Å². The van der Waals surface area contributed by atoms with Crippen molar-refractivity contribution in [2.45, 2.75) is 11.1 Å². The van der Waals surface area contributed by atoms with Crippen molar-refractivity contribution in [1.29, 1.82) is 0 Å². The third kappa shape index (κ3) is 7.58. The molecule has 2 aromatic heterocycles. The van der Waals surface area contributed by atoms with Gasteiger partial charge in [-0.05, 0) is 54.6 Å². The number of benzene rings is 3. The molecule has 0 spiro atoms. The molecule has 0 amide bonds. The summed E-state index contributed by atoms with van der Waals surface area (Å²) in [6.45, 7) is 0. The molecule has 0 fully saturated rings. The first kappa shape index (κ1) is 32.5. The Balaban J connectivity index is 0.000000246. The molecule has 44 heavy (non-hydrogen) atoms.